The van der Waals surface area contributed by atoms with Gasteiger partial charge in [-0.3, -0.25) is 4.79 Å². The van der Waals surface area contributed by atoms with Crippen LogP contribution in [0.5, 0.6) is 0 Å². The van der Waals surface area contributed by atoms with E-state index in [1.807, 2.05) is 30.3 Å². The average Bonchev–Trinajstić information content (AvgIpc) is 3.06. The van der Waals surface area contributed by atoms with E-state index in [1.165, 1.54) is 29.8 Å². The van der Waals surface area contributed by atoms with Gasteiger partial charge in [0.25, 0.3) is 5.91 Å². The molecule has 0 aliphatic carbocycles. The van der Waals surface area contributed by atoms with Crippen LogP contribution in [-0.2, 0) is 13.0 Å². The lowest BCUT2D eigenvalue weighted by molar-refractivity contribution is 0.0954. The molecule has 0 saturated carbocycles. The molecule has 4 nitrogen and oxygen atoms in total. The number of halogens is 2. The minimum absolute atomic E-state index is 0.223. The van der Waals surface area contributed by atoms with Gasteiger partial charge >= 0.3 is 0 Å². The first kappa shape index (κ1) is 19.3. The number of rotatable bonds is 6. The molecule has 1 N–H and O–H groups in total. The zero-order valence-corrected chi connectivity index (χ0v) is 17.2. The van der Waals surface area contributed by atoms with E-state index in [2.05, 4.69) is 44.0 Å². The molecule has 0 fully saturated rings. The van der Waals surface area contributed by atoms with E-state index in [9.17, 15) is 9.18 Å². The monoisotopic (exact) mass is 451 g/mol. The quantitative estimate of drug-likeness (QED) is 0.450. The van der Waals surface area contributed by atoms with Crippen molar-refractivity contribution in [2.24, 2.45) is 0 Å². The fraction of sp³-hybridized carbons (Fsp3) is 0.130. The Balaban J connectivity index is 1.52. The first-order valence-corrected chi connectivity index (χ1v) is 10.1. The number of fused-ring (bicyclic) bond motifs is 1. The van der Waals surface area contributed by atoms with Crippen molar-refractivity contribution in [1.82, 2.24) is 14.9 Å². The highest BCUT2D eigenvalue weighted by Crippen LogP contribution is 2.20. The molecule has 0 aliphatic heterocycles. The fourth-order valence-corrected chi connectivity index (χ4v) is 3.75. The Morgan fingerprint density at radius 3 is 2.62 bits per heavy atom. The minimum Gasteiger partial charge on any atom is -0.352 e. The summed E-state index contributed by atoms with van der Waals surface area (Å²) < 4.78 is 16.2. The topological polar surface area (TPSA) is 46.9 Å². The summed E-state index contributed by atoms with van der Waals surface area (Å²) in [6, 6.07) is 21.7. The largest absolute Gasteiger partial charge is 0.352 e. The third kappa shape index (κ3) is 4.54. The van der Waals surface area contributed by atoms with Gasteiger partial charge in [0.1, 0.15) is 11.6 Å². The summed E-state index contributed by atoms with van der Waals surface area (Å²) in [6.45, 7) is 1.14. The summed E-state index contributed by atoms with van der Waals surface area (Å²) in [7, 11) is 0. The lowest BCUT2D eigenvalue weighted by atomic mass is 10.2. The summed E-state index contributed by atoms with van der Waals surface area (Å²) in [4.78, 5) is 17.0. The first-order chi connectivity index (χ1) is 14.1. The molecule has 29 heavy (non-hydrogen) atoms. The smallest absolute Gasteiger partial charge is 0.251 e. The number of carbonyl (C=O) groups is 1. The van der Waals surface area contributed by atoms with E-state index in [1.54, 1.807) is 0 Å². The van der Waals surface area contributed by atoms with Crippen molar-refractivity contribution in [2.45, 2.75) is 13.0 Å². The molecule has 0 bridgehead atoms. The Bertz CT molecular complexity index is 1150. The number of amides is 1. The highest BCUT2D eigenvalue weighted by Gasteiger charge is 2.12. The van der Waals surface area contributed by atoms with Crippen molar-refractivity contribution in [2.75, 3.05) is 6.54 Å². The van der Waals surface area contributed by atoms with Crippen LogP contribution in [0.15, 0.2) is 77.3 Å². The van der Waals surface area contributed by atoms with Crippen LogP contribution in [0.3, 0.4) is 0 Å². The van der Waals surface area contributed by atoms with Gasteiger partial charge < -0.3 is 9.88 Å². The second kappa shape index (κ2) is 8.57. The van der Waals surface area contributed by atoms with Crippen molar-refractivity contribution in [1.29, 1.82) is 0 Å². The predicted octanol–water partition coefficient (Wildman–Crippen LogP) is 4.96. The zero-order chi connectivity index (χ0) is 20.2. The normalized spacial score (nSPS) is 11.0. The van der Waals surface area contributed by atoms with E-state index in [0.29, 0.717) is 25.1 Å². The third-order valence-corrected chi connectivity index (χ3v) is 5.20. The van der Waals surface area contributed by atoms with Gasteiger partial charge in [-0.1, -0.05) is 40.2 Å². The van der Waals surface area contributed by atoms with E-state index >= 15 is 0 Å². The fourth-order valence-electron chi connectivity index (χ4n) is 3.30. The Morgan fingerprint density at radius 2 is 1.83 bits per heavy atom. The summed E-state index contributed by atoms with van der Waals surface area (Å²) in [5, 5.41) is 2.89. The highest BCUT2D eigenvalue weighted by atomic mass is 79.9. The van der Waals surface area contributed by atoms with Gasteiger partial charge in [0.2, 0.25) is 0 Å². The lowest BCUT2D eigenvalue weighted by Gasteiger charge is -2.11. The first-order valence-electron chi connectivity index (χ1n) is 9.32. The summed E-state index contributed by atoms with van der Waals surface area (Å²) in [6.07, 6.45) is 0.593. The SMILES string of the molecule is O=C(NCCc1nc2ccccc2n1Cc1cccc(Br)c1)c1ccc(F)cc1. The summed E-state index contributed by atoms with van der Waals surface area (Å²) >= 11 is 3.52. The molecule has 1 heterocycles. The van der Waals surface area contributed by atoms with E-state index in [-0.39, 0.29) is 11.7 Å². The van der Waals surface area contributed by atoms with Gasteiger partial charge in [-0.15, -0.1) is 0 Å². The number of nitrogens with one attached hydrogen (secondary N) is 1. The van der Waals surface area contributed by atoms with Crippen LogP contribution < -0.4 is 5.32 Å². The molecule has 4 rings (SSSR count). The van der Waals surface area contributed by atoms with Crippen molar-refractivity contribution in [3.63, 3.8) is 0 Å². The molecule has 4 aromatic rings. The molecule has 1 amide bonds. The Morgan fingerprint density at radius 1 is 1.03 bits per heavy atom. The van der Waals surface area contributed by atoms with Crippen molar-refractivity contribution in [3.05, 3.63) is 100 Å². The molecule has 146 valence electrons. The number of benzene rings is 3. The molecule has 1 aromatic heterocycles. The molecule has 0 atom stereocenters. The van der Waals surface area contributed by atoms with Crippen LogP contribution in [-0.4, -0.2) is 22.0 Å². The number of aromatic nitrogens is 2. The van der Waals surface area contributed by atoms with E-state index in [0.717, 1.165) is 21.3 Å². The molecule has 0 radical (unpaired) electrons. The van der Waals surface area contributed by atoms with Crippen LogP contribution in [0.25, 0.3) is 11.0 Å². The van der Waals surface area contributed by atoms with Crippen LogP contribution >= 0.6 is 15.9 Å². The van der Waals surface area contributed by atoms with Gasteiger partial charge in [0.05, 0.1) is 11.0 Å². The van der Waals surface area contributed by atoms with Crippen molar-refractivity contribution < 1.29 is 9.18 Å². The average molecular weight is 452 g/mol. The maximum atomic E-state index is 13.0. The number of carbonyl (C=O) groups excluding carboxylic acids is 1. The van der Waals surface area contributed by atoms with Crippen LogP contribution in [0, 0.1) is 5.82 Å². The molecule has 0 saturated heterocycles. The molecule has 3 aromatic carbocycles. The number of hydrogen-bond donors (Lipinski definition) is 1. The summed E-state index contributed by atoms with van der Waals surface area (Å²) in [5.74, 6) is 0.327. The second-order valence-corrected chi connectivity index (χ2v) is 7.66. The second-order valence-electron chi connectivity index (χ2n) is 6.75. The van der Waals surface area contributed by atoms with E-state index < -0.39 is 0 Å². The number of imidazole rings is 1. The lowest BCUT2D eigenvalue weighted by Crippen LogP contribution is -2.26. The Labute approximate surface area is 176 Å². The molecular formula is C23H19BrFN3O. The third-order valence-electron chi connectivity index (χ3n) is 4.70. The maximum Gasteiger partial charge on any atom is 0.251 e. The van der Waals surface area contributed by atoms with Crippen LogP contribution in [0.2, 0.25) is 0 Å². The van der Waals surface area contributed by atoms with Crippen LogP contribution in [0.4, 0.5) is 4.39 Å². The number of para-hydroxylation sites is 2. The molecule has 0 spiro atoms. The minimum atomic E-state index is -0.359. The summed E-state index contributed by atoms with van der Waals surface area (Å²) in [5.41, 5.74) is 3.60. The molecule has 0 unspecified atom stereocenters. The van der Waals surface area contributed by atoms with Gasteiger partial charge in [-0.2, -0.15) is 0 Å². The Kier molecular flexibility index (Phi) is 5.71. The van der Waals surface area contributed by atoms with E-state index in [4.69, 9.17) is 4.98 Å². The van der Waals surface area contributed by atoms with Crippen LogP contribution in [0.1, 0.15) is 21.7 Å². The number of nitrogens with zero attached hydrogens (tertiary/aromatic N) is 2. The maximum absolute atomic E-state index is 13.0. The van der Waals surface area contributed by atoms with Gasteiger partial charge in [0, 0.05) is 29.5 Å². The highest BCUT2D eigenvalue weighted by molar-refractivity contribution is 9.10. The van der Waals surface area contributed by atoms with Crippen molar-refractivity contribution in [3.8, 4) is 0 Å². The zero-order valence-electron chi connectivity index (χ0n) is 15.6. The van der Waals surface area contributed by atoms with Gasteiger partial charge in [-0.25, -0.2) is 9.37 Å². The van der Waals surface area contributed by atoms with Gasteiger partial charge in [-0.05, 0) is 54.1 Å². The Hall–Kier alpha value is -2.99. The van der Waals surface area contributed by atoms with Gasteiger partial charge in [0.15, 0.2) is 0 Å². The van der Waals surface area contributed by atoms with Crippen molar-refractivity contribution >= 4 is 32.9 Å². The number of hydrogen-bond acceptors (Lipinski definition) is 2. The molecular weight excluding hydrogens is 433 g/mol. The predicted molar refractivity (Wildman–Crippen MR) is 115 cm³/mol. The molecule has 6 heteroatoms. The standard InChI is InChI=1S/C23H19BrFN3O/c24-18-5-3-4-16(14-18)15-28-21-7-2-1-6-20(21)27-22(28)12-13-26-23(29)17-8-10-19(25)11-9-17/h1-11,14H,12-13,15H2,(H,26,29). The molecule has 0 aliphatic rings.